The highest BCUT2D eigenvalue weighted by Crippen LogP contribution is 2.56. The Morgan fingerprint density at radius 1 is 1.30 bits per heavy atom. The molecule has 5 heteroatoms. The highest BCUT2D eigenvalue weighted by Gasteiger charge is 2.58. The van der Waals surface area contributed by atoms with Gasteiger partial charge in [-0.25, -0.2) is 0 Å². The summed E-state index contributed by atoms with van der Waals surface area (Å²) in [7, 11) is 1.67. The maximum atomic E-state index is 11.2. The minimum absolute atomic E-state index is 0.00826. The zero-order chi connectivity index (χ0) is 18.6. The first kappa shape index (κ1) is 17.4. The van der Waals surface area contributed by atoms with Crippen LogP contribution in [0.3, 0.4) is 0 Å². The fourth-order valence-electron chi connectivity index (χ4n) is 5.84. The third-order valence-electron chi connectivity index (χ3n) is 7.04. The van der Waals surface area contributed by atoms with Gasteiger partial charge >= 0.3 is 0 Å². The smallest absolute Gasteiger partial charge is 0.231 e. The van der Waals surface area contributed by atoms with Crippen LogP contribution in [0.1, 0.15) is 49.7 Å². The van der Waals surface area contributed by atoms with Crippen LogP contribution in [-0.2, 0) is 11.2 Å². The van der Waals surface area contributed by atoms with E-state index < -0.39 is 6.10 Å². The minimum atomic E-state index is -0.611. The van der Waals surface area contributed by atoms with E-state index in [0.29, 0.717) is 11.7 Å². The Hall–Kier alpha value is -1.72. The van der Waals surface area contributed by atoms with Crippen LogP contribution in [0.15, 0.2) is 24.0 Å². The van der Waals surface area contributed by atoms with E-state index in [4.69, 9.17) is 14.2 Å². The van der Waals surface area contributed by atoms with Crippen LogP contribution in [0.2, 0.25) is 0 Å². The SMILES string of the molecule is CCCC[C@@H]1CN2CCc3cc4c(cc3[C@@H]3[C@H](O)C(OC)=C[C@@]32C1)OCO4. The summed E-state index contributed by atoms with van der Waals surface area (Å²) < 4.78 is 16.9. The van der Waals surface area contributed by atoms with Gasteiger partial charge in [-0.15, -0.1) is 0 Å². The molecule has 4 aliphatic rings. The predicted octanol–water partition coefficient (Wildman–Crippen LogP) is 3.21. The van der Waals surface area contributed by atoms with Crippen molar-refractivity contribution in [1.82, 2.24) is 4.90 Å². The maximum Gasteiger partial charge on any atom is 0.231 e. The lowest BCUT2D eigenvalue weighted by Gasteiger charge is -2.38. The topological polar surface area (TPSA) is 51.2 Å². The summed E-state index contributed by atoms with van der Waals surface area (Å²) in [6.07, 6.45) is 7.47. The van der Waals surface area contributed by atoms with Crippen LogP contribution in [0, 0.1) is 5.92 Å². The van der Waals surface area contributed by atoms with Crippen molar-refractivity contribution in [3.63, 3.8) is 0 Å². The fourth-order valence-corrected chi connectivity index (χ4v) is 5.84. The van der Waals surface area contributed by atoms with E-state index in [2.05, 4.69) is 30.0 Å². The van der Waals surface area contributed by atoms with Gasteiger partial charge in [0.05, 0.1) is 12.6 Å². The van der Waals surface area contributed by atoms with E-state index in [1.165, 1.54) is 30.4 Å². The molecule has 4 atom stereocenters. The summed E-state index contributed by atoms with van der Waals surface area (Å²) in [4.78, 5) is 2.61. The molecule has 1 aromatic rings. The molecule has 1 N–H and O–H groups in total. The van der Waals surface area contributed by atoms with Gasteiger partial charge < -0.3 is 19.3 Å². The molecule has 5 rings (SSSR count). The van der Waals surface area contributed by atoms with Gasteiger partial charge in [0.2, 0.25) is 6.79 Å². The summed E-state index contributed by atoms with van der Waals surface area (Å²) in [6, 6.07) is 4.24. The summed E-state index contributed by atoms with van der Waals surface area (Å²) in [5.74, 6) is 3.02. The van der Waals surface area contributed by atoms with Crippen molar-refractivity contribution in [2.75, 3.05) is 27.0 Å². The molecule has 3 heterocycles. The highest BCUT2D eigenvalue weighted by atomic mass is 16.7. The lowest BCUT2D eigenvalue weighted by atomic mass is 9.76. The predicted molar refractivity (Wildman–Crippen MR) is 102 cm³/mol. The second-order valence-electron chi connectivity index (χ2n) is 8.48. The number of unbranched alkanes of at least 4 members (excludes halogenated alkanes) is 1. The third kappa shape index (κ3) is 2.51. The lowest BCUT2D eigenvalue weighted by Crippen LogP contribution is -2.46. The van der Waals surface area contributed by atoms with E-state index in [1.807, 2.05) is 0 Å². The number of hydrogen-bond acceptors (Lipinski definition) is 5. The van der Waals surface area contributed by atoms with Crippen LogP contribution in [-0.4, -0.2) is 48.6 Å². The fraction of sp³-hybridized carbons (Fsp3) is 0.636. The molecular weight excluding hydrogens is 342 g/mol. The molecule has 1 aromatic carbocycles. The Balaban J connectivity index is 1.59. The first-order valence-corrected chi connectivity index (χ1v) is 10.3. The summed E-state index contributed by atoms with van der Waals surface area (Å²) in [5, 5.41) is 11.2. The molecule has 0 bridgehead atoms. The molecule has 5 nitrogen and oxygen atoms in total. The number of methoxy groups -OCH3 is 1. The zero-order valence-electron chi connectivity index (χ0n) is 16.2. The summed E-state index contributed by atoms with van der Waals surface area (Å²) in [6.45, 7) is 4.66. The van der Waals surface area contributed by atoms with Crippen molar-refractivity contribution < 1.29 is 19.3 Å². The maximum absolute atomic E-state index is 11.2. The van der Waals surface area contributed by atoms with Gasteiger partial charge in [-0.2, -0.15) is 0 Å². The molecule has 27 heavy (non-hydrogen) atoms. The summed E-state index contributed by atoms with van der Waals surface area (Å²) in [5.41, 5.74) is 2.32. The molecule has 1 aliphatic carbocycles. The third-order valence-corrected chi connectivity index (χ3v) is 7.04. The first-order chi connectivity index (χ1) is 13.2. The molecule has 0 aromatic heterocycles. The Bertz CT molecular complexity index is 776. The van der Waals surface area contributed by atoms with Gasteiger partial charge in [0.1, 0.15) is 11.9 Å². The number of aliphatic hydroxyl groups is 1. The van der Waals surface area contributed by atoms with Crippen LogP contribution < -0.4 is 9.47 Å². The monoisotopic (exact) mass is 371 g/mol. The molecule has 0 saturated carbocycles. The highest BCUT2D eigenvalue weighted by molar-refractivity contribution is 5.54. The molecule has 0 radical (unpaired) electrons. The van der Waals surface area contributed by atoms with Crippen molar-refractivity contribution in [2.45, 2.75) is 56.6 Å². The largest absolute Gasteiger partial charge is 0.499 e. The van der Waals surface area contributed by atoms with E-state index in [0.717, 1.165) is 37.4 Å². The van der Waals surface area contributed by atoms with Crippen LogP contribution in [0.5, 0.6) is 11.5 Å². The van der Waals surface area contributed by atoms with Crippen LogP contribution in [0.4, 0.5) is 0 Å². The molecular formula is C22H29NO4. The van der Waals surface area contributed by atoms with Gasteiger partial charge in [0.25, 0.3) is 0 Å². The van der Waals surface area contributed by atoms with E-state index in [1.54, 1.807) is 7.11 Å². The van der Waals surface area contributed by atoms with Gasteiger partial charge in [0, 0.05) is 19.0 Å². The number of rotatable bonds is 4. The van der Waals surface area contributed by atoms with Crippen molar-refractivity contribution in [3.8, 4) is 11.5 Å². The average Bonchev–Trinajstić information content (AvgIpc) is 3.32. The Morgan fingerprint density at radius 3 is 2.89 bits per heavy atom. The van der Waals surface area contributed by atoms with Crippen LogP contribution >= 0.6 is 0 Å². The molecule has 1 saturated heterocycles. The quantitative estimate of drug-likeness (QED) is 0.881. The van der Waals surface area contributed by atoms with Crippen molar-refractivity contribution >= 4 is 0 Å². The molecule has 1 fully saturated rings. The van der Waals surface area contributed by atoms with Crippen molar-refractivity contribution in [3.05, 3.63) is 35.1 Å². The Kier molecular flexibility index (Phi) is 4.13. The number of hydrogen-bond donors (Lipinski definition) is 1. The number of ether oxygens (including phenoxy) is 3. The zero-order valence-corrected chi connectivity index (χ0v) is 16.2. The minimum Gasteiger partial charge on any atom is -0.499 e. The molecule has 146 valence electrons. The normalized spacial score (nSPS) is 33.9. The van der Waals surface area contributed by atoms with Gasteiger partial charge in [0.15, 0.2) is 11.5 Å². The standard InChI is InChI=1S/C22H29NO4/c1-3-4-5-14-10-22-11-19(25-2)21(24)20(22)16-9-18-17(26-13-27-18)8-15(16)6-7-23(22)12-14/h8-9,11,14,20-21,24H,3-7,10,12-13H2,1-2H3/t14-,20+,21+,22-/m0/s1. The van der Waals surface area contributed by atoms with E-state index in [-0.39, 0.29) is 18.2 Å². The van der Waals surface area contributed by atoms with Gasteiger partial charge in [-0.05, 0) is 54.5 Å². The van der Waals surface area contributed by atoms with E-state index in [9.17, 15) is 5.11 Å². The number of aliphatic hydroxyl groups excluding tert-OH is 1. The lowest BCUT2D eigenvalue weighted by molar-refractivity contribution is 0.0782. The van der Waals surface area contributed by atoms with E-state index >= 15 is 0 Å². The van der Waals surface area contributed by atoms with Crippen molar-refractivity contribution in [2.24, 2.45) is 5.92 Å². The molecule has 0 amide bonds. The van der Waals surface area contributed by atoms with Crippen LogP contribution in [0.25, 0.3) is 0 Å². The Morgan fingerprint density at radius 2 is 2.11 bits per heavy atom. The van der Waals surface area contributed by atoms with Gasteiger partial charge in [-0.3, -0.25) is 4.90 Å². The number of fused-ring (bicyclic) bond motifs is 3. The number of benzene rings is 1. The molecule has 1 spiro atoms. The Labute approximate surface area is 160 Å². The van der Waals surface area contributed by atoms with Crippen molar-refractivity contribution in [1.29, 1.82) is 0 Å². The molecule has 3 aliphatic heterocycles. The first-order valence-electron chi connectivity index (χ1n) is 10.3. The second kappa shape index (κ2) is 6.42. The van der Waals surface area contributed by atoms with Gasteiger partial charge in [-0.1, -0.05) is 19.8 Å². The molecule has 0 unspecified atom stereocenters. The number of nitrogens with zero attached hydrogens (tertiary/aromatic N) is 1. The second-order valence-corrected chi connectivity index (χ2v) is 8.48. The average molecular weight is 371 g/mol. The summed E-state index contributed by atoms with van der Waals surface area (Å²) >= 11 is 0.